The fourth-order valence-electron chi connectivity index (χ4n) is 2.15. The summed E-state index contributed by atoms with van der Waals surface area (Å²) in [4.78, 5) is 26.4. The number of alkyl halides is 3. The minimum atomic E-state index is -4.27. The number of H-pyrrole nitrogens is 1. The molecule has 1 fully saturated rings. The number of nitrogens with zero attached hydrogens (tertiary/aromatic N) is 1. The number of carbonyl (C=O) groups excluding carboxylic acids is 1. The molecule has 1 amide bonds. The van der Waals surface area contributed by atoms with Crippen molar-refractivity contribution in [3.05, 3.63) is 34.2 Å². The molecule has 0 bridgehead atoms. The number of hydrogen-bond donors (Lipinski definition) is 1. The monoisotopic (exact) mass is 274 g/mol. The summed E-state index contributed by atoms with van der Waals surface area (Å²) in [5, 5.41) is 0. The first-order chi connectivity index (χ1) is 8.88. The van der Waals surface area contributed by atoms with Gasteiger partial charge in [-0.05, 0) is 18.9 Å². The molecule has 1 saturated heterocycles. The molecule has 1 aliphatic rings. The van der Waals surface area contributed by atoms with Gasteiger partial charge in [0.25, 0.3) is 5.91 Å². The maximum Gasteiger partial charge on any atom is 0.393 e. The Balaban J connectivity index is 2.11. The highest BCUT2D eigenvalue weighted by atomic mass is 19.4. The first-order valence-electron chi connectivity index (χ1n) is 5.92. The summed E-state index contributed by atoms with van der Waals surface area (Å²) in [6.45, 7) is -0.00794. The van der Waals surface area contributed by atoms with Gasteiger partial charge in [0.1, 0.15) is 0 Å². The molecule has 1 aromatic rings. The van der Waals surface area contributed by atoms with Crippen LogP contribution >= 0.6 is 0 Å². The number of hydrogen-bond acceptors (Lipinski definition) is 2. The zero-order chi connectivity index (χ0) is 14.0. The Bertz CT molecular complexity index is 504. The first-order valence-corrected chi connectivity index (χ1v) is 5.92. The van der Waals surface area contributed by atoms with E-state index in [2.05, 4.69) is 4.98 Å². The van der Waals surface area contributed by atoms with Crippen molar-refractivity contribution >= 4 is 5.91 Å². The number of likely N-dealkylation sites (tertiary alicyclic amines) is 1. The molecule has 7 heteroatoms. The second kappa shape index (κ2) is 5.07. The van der Waals surface area contributed by atoms with E-state index in [9.17, 15) is 22.8 Å². The molecule has 1 atom stereocenters. The standard InChI is InChI=1S/C12H13F3N2O2/c13-12(14,15)9-2-1-5-17(7-9)11(19)8-3-4-10(18)16-6-8/h3-4,6,9H,1-2,5,7H2,(H,16,18). The van der Waals surface area contributed by atoms with Crippen molar-refractivity contribution in [1.29, 1.82) is 0 Å². The largest absolute Gasteiger partial charge is 0.393 e. The van der Waals surface area contributed by atoms with Crippen LogP contribution < -0.4 is 5.56 Å². The number of aromatic amines is 1. The van der Waals surface area contributed by atoms with Gasteiger partial charge in [-0.1, -0.05) is 0 Å². The zero-order valence-corrected chi connectivity index (χ0v) is 10.0. The third-order valence-corrected chi connectivity index (χ3v) is 3.20. The Morgan fingerprint density at radius 1 is 1.37 bits per heavy atom. The summed E-state index contributed by atoms with van der Waals surface area (Å²) in [6.07, 6.45) is -2.66. The van der Waals surface area contributed by atoms with Gasteiger partial charge >= 0.3 is 6.18 Å². The number of nitrogens with one attached hydrogen (secondary N) is 1. The topological polar surface area (TPSA) is 53.2 Å². The molecule has 1 aliphatic heterocycles. The van der Waals surface area contributed by atoms with Crippen molar-refractivity contribution in [3.8, 4) is 0 Å². The van der Waals surface area contributed by atoms with Gasteiger partial charge in [-0.3, -0.25) is 9.59 Å². The van der Waals surface area contributed by atoms with Gasteiger partial charge in [-0.2, -0.15) is 13.2 Å². The molecule has 2 heterocycles. The Morgan fingerprint density at radius 2 is 2.11 bits per heavy atom. The molecule has 104 valence electrons. The molecule has 1 unspecified atom stereocenters. The fourth-order valence-corrected chi connectivity index (χ4v) is 2.15. The van der Waals surface area contributed by atoms with Crippen LogP contribution in [0.1, 0.15) is 23.2 Å². The van der Waals surface area contributed by atoms with Gasteiger partial charge in [-0.25, -0.2) is 0 Å². The first kappa shape index (κ1) is 13.6. The number of halogens is 3. The highest BCUT2D eigenvalue weighted by Crippen LogP contribution is 2.33. The molecule has 0 saturated carbocycles. The molecule has 2 rings (SSSR count). The molecule has 4 nitrogen and oxygen atoms in total. The predicted molar refractivity (Wildman–Crippen MR) is 61.7 cm³/mol. The number of pyridine rings is 1. The number of carbonyl (C=O) groups is 1. The van der Waals surface area contributed by atoms with Crippen LogP contribution in [0, 0.1) is 5.92 Å². The summed E-state index contributed by atoms with van der Waals surface area (Å²) >= 11 is 0. The van der Waals surface area contributed by atoms with Crippen molar-refractivity contribution in [2.45, 2.75) is 19.0 Å². The lowest BCUT2D eigenvalue weighted by Gasteiger charge is -2.33. The maximum atomic E-state index is 12.6. The minimum absolute atomic E-state index is 0.0545. The van der Waals surface area contributed by atoms with Crippen LogP contribution in [-0.2, 0) is 0 Å². The predicted octanol–water partition coefficient (Wildman–Crippen LogP) is 1.79. The van der Waals surface area contributed by atoms with Crippen LogP contribution in [0.4, 0.5) is 13.2 Å². The molecule has 1 N–H and O–H groups in total. The van der Waals surface area contributed by atoms with E-state index in [4.69, 9.17) is 0 Å². The molecule has 19 heavy (non-hydrogen) atoms. The van der Waals surface area contributed by atoms with Crippen molar-refractivity contribution in [1.82, 2.24) is 9.88 Å². The average molecular weight is 274 g/mol. The van der Waals surface area contributed by atoms with Gasteiger partial charge in [0.2, 0.25) is 5.56 Å². The van der Waals surface area contributed by atoms with Crippen molar-refractivity contribution in [3.63, 3.8) is 0 Å². The maximum absolute atomic E-state index is 12.6. The Kier molecular flexibility index (Phi) is 3.64. The summed E-state index contributed by atoms with van der Waals surface area (Å²) in [6, 6.07) is 2.50. The van der Waals surface area contributed by atoms with E-state index in [1.165, 1.54) is 23.2 Å². The van der Waals surface area contributed by atoms with Crippen LogP contribution in [0.5, 0.6) is 0 Å². The SMILES string of the molecule is O=C(c1ccc(=O)[nH]c1)N1CCCC(C(F)(F)F)C1. The second-order valence-corrected chi connectivity index (χ2v) is 4.57. The second-order valence-electron chi connectivity index (χ2n) is 4.57. The van der Waals surface area contributed by atoms with Crippen LogP contribution in [-0.4, -0.2) is 35.1 Å². The zero-order valence-electron chi connectivity index (χ0n) is 10.0. The average Bonchev–Trinajstić information content (AvgIpc) is 2.38. The summed E-state index contributed by atoms with van der Waals surface area (Å²) in [5.74, 6) is -1.95. The Labute approximate surface area is 107 Å². The van der Waals surface area contributed by atoms with Crippen molar-refractivity contribution in [2.75, 3.05) is 13.1 Å². The quantitative estimate of drug-likeness (QED) is 0.848. The minimum Gasteiger partial charge on any atom is -0.338 e. The van der Waals surface area contributed by atoms with Gasteiger partial charge in [0, 0.05) is 25.4 Å². The molecule has 0 aromatic carbocycles. The highest BCUT2D eigenvalue weighted by molar-refractivity contribution is 5.93. The van der Waals surface area contributed by atoms with E-state index < -0.39 is 18.0 Å². The van der Waals surface area contributed by atoms with Gasteiger partial charge in [0.15, 0.2) is 0 Å². The van der Waals surface area contributed by atoms with Crippen LogP contribution in [0.15, 0.2) is 23.1 Å². The fraction of sp³-hybridized carbons (Fsp3) is 0.500. The van der Waals surface area contributed by atoms with Gasteiger partial charge in [-0.15, -0.1) is 0 Å². The van der Waals surface area contributed by atoms with E-state index >= 15 is 0 Å². The Hall–Kier alpha value is -1.79. The van der Waals surface area contributed by atoms with Crippen LogP contribution in [0.2, 0.25) is 0 Å². The van der Waals surface area contributed by atoms with Crippen molar-refractivity contribution in [2.24, 2.45) is 5.92 Å². The molecule has 0 spiro atoms. The molecule has 0 radical (unpaired) electrons. The lowest BCUT2D eigenvalue weighted by molar-refractivity contribution is -0.184. The molecular weight excluding hydrogens is 261 g/mol. The summed E-state index contributed by atoms with van der Waals surface area (Å²) < 4.78 is 37.9. The third-order valence-electron chi connectivity index (χ3n) is 3.20. The molecule has 1 aromatic heterocycles. The van der Waals surface area contributed by atoms with Crippen LogP contribution in [0.3, 0.4) is 0 Å². The van der Waals surface area contributed by atoms with E-state index in [1.54, 1.807) is 0 Å². The van der Waals surface area contributed by atoms with Gasteiger partial charge < -0.3 is 9.88 Å². The summed E-state index contributed by atoms with van der Waals surface area (Å²) in [5.41, 5.74) is -0.161. The van der Waals surface area contributed by atoms with E-state index in [1.807, 2.05) is 0 Å². The van der Waals surface area contributed by atoms with Gasteiger partial charge in [0.05, 0.1) is 11.5 Å². The molecular formula is C12H13F3N2O2. The normalized spacial score (nSPS) is 20.4. The number of amides is 1. The lowest BCUT2D eigenvalue weighted by atomic mass is 9.97. The van der Waals surface area contributed by atoms with E-state index in [-0.39, 0.29) is 24.1 Å². The van der Waals surface area contributed by atoms with Crippen molar-refractivity contribution < 1.29 is 18.0 Å². The smallest absolute Gasteiger partial charge is 0.338 e. The Morgan fingerprint density at radius 3 is 2.68 bits per heavy atom. The van der Waals surface area contributed by atoms with Crippen LogP contribution in [0.25, 0.3) is 0 Å². The number of piperidine rings is 1. The lowest BCUT2D eigenvalue weighted by Crippen LogP contribution is -2.44. The summed E-state index contributed by atoms with van der Waals surface area (Å²) in [7, 11) is 0. The van der Waals surface area contributed by atoms with E-state index in [0.29, 0.717) is 13.0 Å². The third kappa shape index (κ3) is 3.15. The highest BCUT2D eigenvalue weighted by Gasteiger charge is 2.42. The van der Waals surface area contributed by atoms with E-state index in [0.717, 1.165) is 0 Å². The molecule has 0 aliphatic carbocycles. The number of rotatable bonds is 1. The number of aromatic nitrogens is 1.